The number of fused-ring (bicyclic) bond motifs is 1. The number of carbonyl (C=O) groups is 4. The number of halogens is 1. The highest BCUT2D eigenvalue weighted by atomic mass is 79.9. The van der Waals surface area contributed by atoms with Gasteiger partial charge in [0, 0.05) is 23.9 Å². The van der Waals surface area contributed by atoms with Crippen LogP contribution in [0.5, 0.6) is 0 Å². The Hall–Kier alpha value is -2.26. The monoisotopic (exact) mass is 659 g/mol. The van der Waals surface area contributed by atoms with E-state index in [9.17, 15) is 19.2 Å². The Bertz CT molecular complexity index is 1220. The topological polar surface area (TPSA) is 99.2 Å². The fourth-order valence-electron chi connectivity index (χ4n) is 7.47. The van der Waals surface area contributed by atoms with E-state index >= 15 is 0 Å². The third-order valence-electron chi connectivity index (χ3n) is 10.3. The van der Waals surface area contributed by atoms with Gasteiger partial charge in [0.15, 0.2) is 5.78 Å². The van der Waals surface area contributed by atoms with E-state index in [0.29, 0.717) is 31.3 Å². The van der Waals surface area contributed by atoms with Gasteiger partial charge in [0.05, 0.1) is 43.6 Å². The first kappa shape index (κ1) is 32.1. The molecule has 1 aromatic carbocycles. The van der Waals surface area contributed by atoms with Crippen LogP contribution in [0, 0.1) is 34.5 Å². The summed E-state index contributed by atoms with van der Waals surface area (Å²) >= 11 is 3.45. The molecular weight excluding hydrogens is 614 g/mol. The normalized spacial score (nSPS) is 31.7. The van der Waals surface area contributed by atoms with Gasteiger partial charge in [-0.1, -0.05) is 62.2 Å². The third kappa shape index (κ3) is 7.19. The van der Waals surface area contributed by atoms with Crippen molar-refractivity contribution in [3.63, 3.8) is 0 Å². The molecule has 1 amide bonds. The van der Waals surface area contributed by atoms with E-state index in [1.54, 1.807) is 4.90 Å². The molecule has 1 heterocycles. The zero-order valence-corrected chi connectivity index (χ0v) is 27.7. The molecule has 1 saturated heterocycles. The van der Waals surface area contributed by atoms with Crippen molar-refractivity contribution in [2.45, 2.75) is 104 Å². The standard InChI is InChI=1S/C34H46BrNO7/c1-6-23-16-34(23,32(40)41-5)17-29(37)28-14-26(42-19-20-7-9-24(35)10-8-20)18-36(28)31(39)27(33(2,3)4)15-30(38)43-25-12-21-11-22(21)13-25/h7-10,21-23,25-28H,6,11-19H2,1-5H3/t21-,22+,23-,25?,26+,27?,28+,34+/m1/s1. The second-order valence-corrected chi connectivity index (χ2v) is 15.3. The molecule has 0 N–H and O–H groups in total. The summed E-state index contributed by atoms with van der Waals surface area (Å²) in [4.78, 5) is 55.7. The van der Waals surface area contributed by atoms with Gasteiger partial charge in [-0.05, 0) is 66.5 Å². The Morgan fingerprint density at radius 1 is 1.02 bits per heavy atom. The Kier molecular flexibility index (Phi) is 9.44. The Labute approximate surface area is 263 Å². The highest BCUT2D eigenvalue weighted by Gasteiger charge is 2.61. The average molecular weight is 661 g/mol. The molecule has 0 aromatic heterocycles. The molecule has 43 heavy (non-hydrogen) atoms. The molecule has 2 unspecified atom stereocenters. The van der Waals surface area contributed by atoms with E-state index in [1.165, 1.54) is 13.5 Å². The Morgan fingerprint density at radius 3 is 2.28 bits per heavy atom. The van der Waals surface area contributed by atoms with E-state index in [0.717, 1.165) is 29.3 Å². The first-order valence-electron chi connectivity index (χ1n) is 15.8. The van der Waals surface area contributed by atoms with E-state index < -0.39 is 22.8 Å². The van der Waals surface area contributed by atoms with Crippen LogP contribution in [0.3, 0.4) is 0 Å². The molecule has 236 valence electrons. The smallest absolute Gasteiger partial charge is 0.312 e. The van der Waals surface area contributed by atoms with Crippen molar-refractivity contribution in [3.8, 4) is 0 Å². The molecule has 0 bridgehead atoms. The summed E-state index contributed by atoms with van der Waals surface area (Å²) < 4.78 is 18.2. The summed E-state index contributed by atoms with van der Waals surface area (Å²) in [6.45, 7) is 8.46. The number of methoxy groups -OCH3 is 1. The maximum Gasteiger partial charge on any atom is 0.312 e. The number of benzene rings is 1. The van der Waals surface area contributed by atoms with Crippen LogP contribution >= 0.6 is 15.9 Å². The zero-order valence-electron chi connectivity index (χ0n) is 26.1. The number of amides is 1. The predicted molar refractivity (Wildman–Crippen MR) is 164 cm³/mol. The van der Waals surface area contributed by atoms with Crippen molar-refractivity contribution in [1.82, 2.24) is 4.90 Å². The molecule has 8 nitrogen and oxygen atoms in total. The van der Waals surface area contributed by atoms with E-state index in [-0.39, 0.29) is 61.1 Å². The highest BCUT2D eigenvalue weighted by Crippen LogP contribution is 2.58. The molecule has 4 aliphatic rings. The van der Waals surface area contributed by atoms with E-state index in [4.69, 9.17) is 14.2 Å². The summed E-state index contributed by atoms with van der Waals surface area (Å²) in [6.07, 6.45) is 4.44. The lowest BCUT2D eigenvalue weighted by atomic mass is 9.77. The number of esters is 2. The van der Waals surface area contributed by atoms with Gasteiger partial charge < -0.3 is 19.1 Å². The van der Waals surface area contributed by atoms with Crippen molar-refractivity contribution < 1.29 is 33.4 Å². The van der Waals surface area contributed by atoms with Gasteiger partial charge in [0.2, 0.25) is 5.91 Å². The largest absolute Gasteiger partial charge is 0.469 e. The first-order valence-corrected chi connectivity index (χ1v) is 16.6. The Morgan fingerprint density at radius 2 is 1.70 bits per heavy atom. The Balaban J connectivity index is 1.32. The van der Waals surface area contributed by atoms with Gasteiger partial charge >= 0.3 is 11.9 Å². The molecule has 9 heteroatoms. The number of carbonyl (C=O) groups excluding carboxylic acids is 4. The zero-order chi connectivity index (χ0) is 31.1. The molecule has 4 fully saturated rings. The molecule has 3 aliphatic carbocycles. The van der Waals surface area contributed by atoms with Crippen LogP contribution in [0.4, 0.5) is 0 Å². The van der Waals surface area contributed by atoms with Crippen molar-refractivity contribution in [2.24, 2.45) is 34.5 Å². The van der Waals surface area contributed by atoms with Crippen LogP contribution in [-0.4, -0.2) is 60.4 Å². The predicted octanol–water partition coefficient (Wildman–Crippen LogP) is 5.88. The molecule has 0 radical (unpaired) electrons. The van der Waals surface area contributed by atoms with Crippen LogP contribution in [0.15, 0.2) is 28.7 Å². The second kappa shape index (κ2) is 12.6. The molecule has 1 aliphatic heterocycles. The third-order valence-corrected chi connectivity index (χ3v) is 10.9. The summed E-state index contributed by atoms with van der Waals surface area (Å²) in [5.74, 6) is -0.268. The van der Waals surface area contributed by atoms with Crippen LogP contribution in [0.25, 0.3) is 0 Å². The van der Waals surface area contributed by atoms with Crippen LogP contribution in [-0.2, 0) is 40.0 Å². The lowest BCUT2D eigenvalue weighted by Crippen LogP contribution is -2.48. The molecular formula is C34H46BrNO7. The molecule has 5 rings (SSSR count). The number of nitrogens with zero attached hydrogens (tertiary/aromatic N) is 1. The van der Waals surface area contributed by atoms with Crippen molar-refractivity contribution in [3.05, 3.63) is 34.3 Å². The number of Topliss-reactive ketones (excluding diaryl/α,β-unsaturated/α-hetero) is 1. The van der Waals surface area contributed by atoms with E-state index in [1.807, 2.05) is 52.0 Å². The fraction of sp³-hybridized carbons (Fsp3) is 0.706. The second-order valence-electron chi connectivity index (χ2n) is 14.4. The molecule has 1 aromatic rings. The number of hydrogen-bond donors (Lipinski definition) is 0. The highest BCUT2D eigenvalue weighted by molar-refractivity contribution is 9.10. The maximum absolute atomic E-state index is 14.3. The van der Waals surface area contributed by atoms with Gasteiger partial charge in [0.1, 0.15) is 6.10 Å². The minimum Gasteiger partial charge on any atom is -0.469 e. The van der Waals surface area contributed by atoms with Gasteiger partial charge in [-0.2, -0.15) is 0 Å². The molecule has 0 spiro atoms. The maximum atomic E-state index is 14.3. The number of ether oxygens (including phenoxy) is 3. The number of ketones is 1. The van der Waals surface area contributed by atoms with E-state index in [2.05, 4.69) is 15.9 Å². The quantitative estimate of drug-likeness (QED) is 0.259. The van der Waals surface area contributed by atoms with Crippen LogP contribution < -0.4 is 0 Å². The minimum atomic E-state index is -0.819. The summed E-state index contributed by atoms with van der Waals surface area (Å²) in [7, 11) is 1.36. The summed E-state index contributed by atoms with van der Waals surface area (Å²) in [5, 5.41) is 0. The van der Waals surface area contributed by atoms with Crippen LogP contribution in [0.2, 0.25) is 0 Å². The number of likely N-dealkylation sites (tertiary alicyclic amines) is 1. The van der Waals surface area contributed by atoms with Gasteiger partial charge in [0.25, 0.3) is 0 Å². The SMILES string of the molecule is CC[C@@H]1C[C@@]1(CC(=O)[C@@H]1C[C@H](OCc2ccc(Br)cc2)CN1C(=O)C(CC(=O)OC1C[C@@H]2C[C@@H]2C1)C(C)(C)C)C(=O)OC. The van der Waals surface area contributed by atoms with Crippen LogP contribution in [0.1, 0.15) is 84.6 Å². The minimum absolute atomic E-state index is 0.0278. The number of hydrogen-bond acceptors (Lipinski definition) is 7. The lowest BCUT2D eigenvalue weighted by Gasteiger charge is -2.35. The van der Waals surface area contributed by atoms with Crippen molar-refractivity contribution >= 4 is 39.6 Å². The lowest BCUT2D eigenvalue weighted by molar-refractivity contribution is -0.157. The molecule has 3 saturated carbocycles. The van der Waals surface area contributed by atoms with Gasteiger partial charge in [-0.3, -0.25) is 19.2 Å². The first-order chi connectivity index (χ1) is 20.3. The fourth-order valence-corrected chi connectivity index (χ4v) is 7.73. The summed E-state index contributed by atoms with van der Waals surface area (Å²) in [6, 6.07) is 7.10. The van der Waals surface area contributed by atoms with Gasteiger partial charge in [-0.15, -0.1) is 0 Å². The average Bonchev–Trinajstić information content (AvgIpc) is 3.76. The molecule has 8 atom stereocenters. The van der Waals surface area contributed by atoms with Crippen molar-refractivity contribution in [1.29, 1.82) is 0 Å². The van der Waals surface area contributed by atoms with Gasteiger partial charge in [-0.25, -0.2) is 0 Å². The number of rotatable bonds is 12. The van der Waals surface area contributed by atoms with Crippen molar-refractivity contribution in [2.75, 3.05) is 13.7 Å². The summed E-state index contributed by atoms with van der Waals surface area (Å²) in [5.41, 5.74) is -0.361.